The van der Waals surface area contributed by atoms with E-state index in [2.05, 4.69) is 4.99 Å². The highest BCUT2D eigenvalue weighted by molar-refractivity contribution is 6.07. The SMILES string of the molecule is N#CC1=CN=CCC1=O. The molecular formula is C6H4N2O. The van der Waals surface area contributed by atoms with Crippen molar-refractivity contribution in [2.24, 2.45) is 4.99 Å². The van der Waals surface area contributed by atoms with E-state index in [-0.39, 0.29) is 17.8 Å². The number of hydrogen-bond acceptors (Lipinski definition) is 3. The summed E-state index contributed by atoms with van der Waals surface area (Å²) in [5, 5.41) is 8.25. The normalized spacial score (nSPS) is 16.8. The molecular weight excluding hydrogens is 116 g/mol. The first-order chi connectivity index (χ1) is 4.34. The summed E-state index contributed by atoms with van der Waals surface area (Å²) in [6.07, 6.45) is 3.04. The van der Waals surface area contributed by atoms with Crippen molar-refractivity contribution in [2.75, 3.05) is 0 Å². The highest BCUT2D eigenvalue weighted by Crippen LogP contribution is 2.01. The Morgan fingerprint density at radius 2 is 2.56 bits per heavy atom. The molecule has 1 heterocycles. The van der Waals surface area contributed by atoms with Crippen molar-refractivity contribution in [1.82, 2.24) is 0 Å². The van der Waals surface area contributed by atoms with E-state index in [0.717, 1.165) is 0 Å². The number of allylic oxidation sites excluding steroid dienone is 1. The lowest BCUT2D eigenvalue weighted by Gasteiger charge is -1.95. The molecule has 0 saturated heterocycles. The fraction of sp³-hybridized carbons (Fsp3) is 0.167. The Balaban J connectivity index is 2.91. The van der Waals surface area contributed by atoms with Gasteiger partial charge < -0.3 is 0 Å². The lowest BCUT2D eigenvalue weighted by molar-refractivity contribution is -0.114. The van der Waals surface area contributed by atoms with Crippen LogP contribution in [0.4, 0.5) is 0 Å². The van der Waals surface area contributed by atoms with E-state index in [0.29, 0.717) is 0 Å². The summed E-state index contributed by atoms with van der Waals surface area (Å²) in [5.41, 5.74) is 0.150. The van der Waals surface area contributed by atoms with Gasteiger partial charge in [0, 0.05) is 18.8 Å². The number of nitrogens with zero attached hydrogens (tertiary/aromatic N) is 2. The molecule has 3 heteroatoms. The van der Waals surface area contributed by atoms with E-state index < -0.39 is 0 Å². The molecule has 1 aliphatic heterocycles. The van der Waals surface area contributed by atoms with Crippen molar-refractivity contribution in [3.05, 3.63) is 11.8 Å². The number of aliphatic imine (C=N–C) groups is 1. The fourth-order valence-electron chi connectivity index (χ4n) is 0.536. The molecule has 3 nitrogen and oxygen atoms in total. The highest BCUT2D eigenvalue weighted by atomic mass is 16.1. The van der Waals surface area contributed by atoms with E-state index in [1.54, 1.807) is 6.07 Å². The minimum Gasteiger partial charge on any atom is -0.293 e. The molecule has 0 amide bonds. The molecule has 0 N–H and O–H groups in total. The van der Waals surface area contributed by atoms with Crippen LogP contribution in [-0.4, -0.2) is 12.0 Å². The Hall–Kier alpha value is -1.43. The van der Waals surface area contributed by atoms with E-state index in [1.807, 2.05) is 0 Å². The Kier molecular flexibility index (Phi) is 1.41. The second kappa shape index (κ2) is 2.23. The van der Waals surface area contributed by atoms with Gasteiger partial charge in [0.25, 0.3) is 0 Å². The van der Waals surface area contributed by atoms with Gasteiger partial charge in [0.2, 0.25) is 0 Å². The summed E-state index contributed by atoms with van der Waals surface area (Å²) in [6, 6.07) is 1.75. The topological polar surface area (TPSA) is 53.2 Å². The van der Waals surface area contributed by atoms with Crippen molar-refractivity contribution in [2.45, 2.75) is 6.42 Å². The highest BCUT2D eigenvalue weighted by Gasteiger charge is 2.08. The molecule has 1 aliphatic rings. The molecule has 9 heavy (non-hydrogen) atoms. The van der Waals surface area contributed by atoms with E-state index in [4.69, 9.17) is 5.26 Å². The third kappa shape index (κ3) is 1.03. The van der Waals surface area contributed by atoms with Gasteiger partial charge in [-0.15, -0.1) is 0 Å². The van der Waals surface area contributed by atoms with Crippen LogP contribution in [0.15, 0.2) is 16.8 Å². The fourth-order valence-corrected chi connectivity index (χ4v) is 0.536. The van der Waals surface area contributed by atoms with E-state index in [1.165, 1.54) is 12.4 Å². The lowest BCUT2D eigenvalue weighted by Crippen LogP contribution is -2.04. The summed E-state index contributed by atoms with van der Waals surface area (Å²) in [6.45, 7) is 0. The quantitative estimate of drug-likeness (QED) is 0.465. The Bertz CT molecular complexity index is 232. The maximum absolute atomic E-state index is 10.6. The second-order valence-electron chi connectivity index (χ2n) is 1.61. The first-order valence-electron chi connectivity index (χ1n) is 2.49. The van der Waals surface area contributed by atoms with Gasteiger partial charge in [-0.1, -0.05) is 0 Å². The second-order valence-corrected chi connectivity index (χ2v) is 1.61. The molecule has 0 aromatic carbocycles. The smallest absolute Gasteiger partial charge is 0.180 e. The first kappa shape index (κ1) is 5.70. The molecule has 0 unspecified atom stereocenters. The minimum absolute atomic E-state index is 0.146. The predicted molar refractivity (Wildman–Crippen MR) is 31.8 cm³/mol. The maximum atomic E-state index is 10.6. The van der Waals surface area contributed by atoms with Gasteiger partial charge in [0.1, 0.15) is 11.6 Å². The lowest BCUT2D eigenvalue weighted by atomic mass is 10.1. The first-order valence-corrected chi connectivity index (χ1v) is 2.49. The van der Waals surface area contributed by atoms with Gasteiger partial charge in [-0.3, -0.25) is 9.79 Å². The third-order valence-corrected chi connectivity index (χ3v) is 1.01. The van der Waals surface area contributed by atoms with Crippen LogP contribution >= 0.6 is 0 Å². The van der Waals surface area contributed by atoms with Crippen LogP contribution in [-0.2, 0) is 4.79 Å². The zero-order chi connectivity index (χ0) is 6.69. The average molecular weight is 120 g/mol. The number of nitriles is 1. The average Bonchev–Trinajstić information content (AvgIpc) is 1.89. The molecule has 0 radical (unpaired) electrons. The zero-order valence-electron chi connectivity index (χ0n) is 4.66. The molecule has 0 fully saturated rings. The van der Waals surface area contributed by atoms with Gasteiger partial charge in [-0.2, -0.15) is 5.26 Å². The number of ketones is 1. The van der Waals surface area contributed by atoms with Gasteiger partial charge in [0.05, 0.1) is 0 Å². The zero-order valence-corrected chi connectivity index (χ0v) is 4.66. The van der Waals surface area contributed by atoms with Crippen molar-refractivity contribution in [3.8, 4) is 6.07 Å². The number of carbonyl (C=O) groups is 1. The van der Waals surface area contributed by atoms with Crippen LogP contribution in [0.25, 0.3) is 0 Å². The number of Topliss-reactive ketones (excluding diaryl/α,β-unsaturated/α-hetero) is 1. The van der Waals surface area contributed by atoms with Crippen LogP contribution in [0.1, 0.15) is 6.42 Å². The molecule has 0 aliphatic carbocycles. The molecule has 0 bridgehead atoms. The Morgan fingerprint density at radius 1 is 1.78 bits per heavy atom. The van der Waals surface area contributed by atoms with Gasteiger partial charge in [-0.25, -0.2) is 0 Å². The molecule has 0 aromatic rings. The maximum Gasteiger partial charge on any atom is 0.180 e. The van der Waals surface area contributed by atoms with Gasteiger partial charge >= 0.3 is 0 Å². The van der Waals surface area contributed by atoms with E-state index >= 15 is 0 Å². The van der Waals surface area contributed by atoms with Crippen molar-refractivity contribution in [3.63, 3.8) is 0 Å². The van der Waals surface area contributed by atoms with Crippen LogP contribution in [0.5, 0.6) is 0 Å². The van der Waals surface area contributed by atoms with E-state index in [9.17, 15) is 4.79 Å². The van der Waals surface area contributed by atoms with Crippen molar-refractivity contribution in [1.29, 1.82) is 5.26 Å². The minimum atomic E-state index is -0.146. The summed E-state index contributed by atoms with van der Waals surface area (Å²) < 4.78 is 0. The Labute approximate surface area is 52.3 Å². The van der Waals surface area contributed by atoms with Crippen LogP contribution in [0.3, 0.4) is 0 Å². The van der Waals surface area contributed by atoms with Gasteiger partial charge in [-0.05, 0) is 0 Å². The summed E-state index contributed by atoms with van der Waals surface area (Å²) in [4.78, 5) is 14.3. The third-order valence-electron chi connectivity index (χ3n) is 1.01. The monoisotopic (exact) mass is 120 g/mol. The molecule has 0 atom stereocenters. The van der Waals surface area contributed by atoms with Gasteiger partial charge in [0.15, 0.2) is 5.78 Å². The molecule has 0 aromatic heterocycles. The predicted octanol–water partition coefficient (Wildman–Crippen LogP) is 0.437. The summed E-state index contributed by atoms with van der Waals surface area (Å²) in [5.74, 6) is -0.146. The number of rotatable bonds is 0. The summed E-state index contributed by atoms with van der Waals surface area (Å²) in [7, 11) is 0. The molecule has 0 spiro atoms. The Morgan fingerprint density at radius 3 is 3.00 bits per heavy atom. The standard InChI is InChI=1S/C6H4N2O/c7-3-5-4-8-2-1-6(5)9/h2,4H,1H2. The number of hydrogen-bond donors (Lipinski definition) is 0. The van der Waals surface area contributed by atoms with Crippen LogP contribution in [0.2, 0.25) is 0 Å². The number of carbonyl (C=O) groups excluding carboxylic acids is 1. The molecule has 0 saturated carbocycles. The van der Waals surface area contributed by atoms with Crippen molar-refractivity contribution < 1.29 is 4.79 Å². The molecule has 44 valence electrons. The van der Waals surface area contributed by atoms with Crippen molar-refractivity contribution >= 4 is 12.0 Å². The largest absolute Gasteiger partial charge is 0.293 e. The summed E-state index contributed by atoms with van der Waals surface area (Å²) >= 11 is 0. The van der Waals surface area contributed by atoms with Crippen LogP contribution < -0.4 is 0 Å². The van der Waals surface area contributed by atoms with Crippen LogP contribution in [0, 0.1) is 11.3 Å². The molecule has 1 rings (SSSR count).